The molecule has 0 aromatic carbocycles. The Bertz CT molecular complexity index is 292. The number of hydrogen-bond donors (Lipinski definition) is 2. The van der Waals surface area contributed by atoms with Crippen LogP contribution in [0.25, 0.3) is 0 Å². The van der Waals surface area contributed by atoms with Crippen molar-refractivity contribution in [3.05, 3.63) is 0 Å². The fourth-order valence-corrected chi connectivity index (χ4v) is 3.72. The van der Waals surface area contributed by atoms with Gasteiger partial charge in [-0.05, 0) is 37.5 Å². The molecule has 1 amide bonds. The first kappa shape index (κ1) is 13.9. The van der Waals surface area contributed by atoms with Crippen molar-refractivity contribution in [2.75, 3.05) is 0 Å². The van der Waals surface area contributed by atoms with E-state index in [1.165, 1.54) is 25.7 Å². The van der Waals surface area contributed by atoms with E-state index < -0.39 is 0 Å². The van der Waals surface area contributed by atoms with E-state index in [4.69, 9.17) is 5.73 Å². The number of hydrogen-bond acceptors (Lipinski definition) is 2. The monoisotopic (exact) mass is 252 g/mol. The predicted octanol–water partition coefficient (Wildman–Crippen LogP) is 2.44. The first-order chi connectivity index (χ1) is 8.58. The molecule has 2 aliphatic carbocycles. The van der Waals surface area contributed by atoms with Gasteiger partial charge >= 0.3 is 0 Å². The Labute approximate surface area is 111 Å². The normalized spacial score (nSPS) is 41.6. The van der Waals surface area contributed by atoms with Crippen molar-refractivity contribution in [2.24, 2.45) is 23.5 Å². The van der Waals surface area contributed by atoms with E-state index in [-0.39, 0.29) is 11.8 Å². The molecular formula is C15H28N2O. The Hall–Kier alpha value is -0.570. The van der Waals surface area contributed by atoms with E-state index in [1.54, 1.807) is 0 Å². The molecular weight excluding hydrogens is 224 g/mol. The van der Waals surface area contributed by atoms with Crippen LogP contribution >= 0.6 is 0 Å². The maximum absolute atomic E-state index is 11.3. The first-order valence-electron chi connectivity index (χ1n) is 7.63. The third-order valence-electron chi connectivity index (χ3n) is 5.23. The van der Waals surface area contributed by atoms with Crippen LogP contribution in [0.2, 0.25) is 0 Å². The summed E-state index contributed by atoms with van der Waals surface area (Å²) in [5, 5.41) is 3.82. The predicted molar refractivity (Wildman–Crippen MR) is 74.0 cm³/mol. The third-order valence-corrected chi connectivity index (χ3v) is 5.23. The van der Waals surface area contributed by atoms with Crippen LogP contribution in [0.4, 0.5) is 0 Å². The summed E-state index contributed by atoms with van der Waals surface area (Å²) < 4.78 is 0. The van der Waals surface area contributed by atoms with Crippen LogP contribution in [0.5, 0.6) is 0 Å². The van der Waals surface area contributed by atoms with Crippen molar-refractivity contribution >= 4 is 5.91 Å². The summed E-state index contributed by atoms with van der Waals surface area (Å²) in [6, 6.07) is 1.15. The number of nitrogens with one attached hydrogen (secondary N) is 1. The fraction of sp³-hybridized carbons (Fsp3) is 0.933. The maximum atomic E-state index is 11.3. The molecule has 0 spiro atoms. The van der Waals surface area contributed by atoms with Crippen LogP contribution in [0.15, 0.2) is 0 Å². The van der Waals surface area contributed by atoms with Crippen LogP contribution in [-0.2, 0) is 4.79 Å². The molecule has 0 radical (unpaired) electrons. The van der Waals surface area contributed by atoms with E-state index in [1.807, 2.05) is 0 Å². The van der Waals surface area contributed by atoms with Gasteiger partial charge in [0.05, 0.1) is 0 Å². The Kier molecular flexibility index (Phi) is 4.66. The van der Waals surface area contributed by atoms with Crippen molar-refractivity contribution < 1.29 is 4.79 Å². The number of primary amides is 1. The fourth-order valence-electron chi connectivity index (χ4n) is 3.72. The Morgan fingerprint density at radius 3 is 2.56 bits per heavy atom. The maximum Gasteiger partial charge on any atom is 0.220 e. The Morgan fingerprint density at radius 2 is 1.83 bits per heavy atom. The zero-order valence-corrected chi connectivity index (χ0v) is 11.8. The SMILES string of the molecule is C[C@H]1[C@H](C)CCC[C@@H]1N[C@@H]1CCC[C@H](C(N)=O)C1. The van der Waals surface area contributed by atoms with Gasteiger partial charge in [0.25, 0.3) is 0 Å². The smallest absolute Gasteiger partial charge is 0.220 e. The van der Waals surface area contributed by atoms with Gasteiger partial charge in [-0.1, -0.05) is 33.1 Å². The average Bonchev–Trinajstić information content (AvgIpc) is 2.35. The van der Waals surface area contributed by atoms with Gasteiger partial charge in [-0.15, -0.1) is 0 Å². The highest BCUT2D eigenvalue weighted by atomic mass is 16.1. The molecule has 2 rings (SSSR count). The summed E-state index contributed by atoms with van der Waals surface area (Å²) in [6.45, 7) is 4.74. The first-order valence-corrected chi connectivity index (χ1v) is 7.63. The van der Waals surface area contributed by atoms with Gasteiger partial charge in [0, 0.05) is 18.0 Å². The van der Waals surface area contributed by atoms with E-state index in [2.05, 4.69) is 19.2 Å². The second-order valence-electron chi connectivity index (χ2n) is 6.50. The number of carbonyl (C=O) groups excluding carboxylic acids is 1. The molecule has 0 heterocycles. The number of nitrogens with two attached hydrogens (primary N) is 1. The highest BCUT2D eigenvalue weighted by molar-refractivity contribution is 5.76. The molecule has 0 bridgehead atoms. The zero-order valence-electron chi connectivity index (χ0n) is 11.8. The quantitative estimate of drug-likeness (QED) is 0.810. The van der Waals surface area contributed by atoms with Crippen molar-refractivity contribution in [2.45, 2.75) is 70.9 Å². The molecule has 3 heteroatoms. The largest absolute Gasteiger partial charge is 0.369 e. The van der Waals surface area contributed by atoms with Gasteiger partial charge in [-0.2, -0.15) is 0 Å². The van der Waals surface area contributed by atoms with Gasteiger partial charge in [-0.3, -0.25) is 4.79 Å². The van der Waals surface area contributed by atoms with E-state index in [0.29, 0.717) is 12.1 Å². The lowest BCUT2D eigenvalue weighted by atomic mass is 9.77. The second-order valence-corrected chi connectivity index (χ2v) is 6.50. The standard InChI is InChI=1S/C15H28N2O/c1-10-5-3-8-14(11(10)2)17-13-7-4-6-12(9-13)15(16)18/h10-14,17H,3-9H2,1-2H3,(H2,16,18)/t10-,11+,12+,13-,14+/m1/s1. The molecule has 0 saturated heterocycles. The lowest BCUT2D eigenvalue weighted by Crippen LogP contribution is -2.48. The average molecular weight is 252 g/mol. The van der Waals surface area contributed by atoms with E-state index in [9.17, 15) is 4.79 Å². The summed E-state index contributed by atoms with van der Waals surface area (Å²) in [5.74, 6) is 1.58. The molecule has 3 N–H and O–H groups in total. The van der Waals surface area contributed by atoms with E-state index in [0.717, 1.165) is 31.1 Å². The lowest BCUT2D eigenvalue weighted by molar-refractivity contribution is -0.123. The summed E-state index contributed by atoms with van der Waals surface area (Å²) in [6.07, 6.45) is 8.30. The highest BCUT2D eigenvalue weighted by Gasteiger charge is 2.31. The van der Waals surface area contributed by atoms with Gasteiger partial charge in [0.15, 0.2) is 0 Å². The molecule has 2 fully saturated rings. The van der Waals surface area contributed by atoms with Crippen molar-refractivity contribution in [1.82, 2.24) is 5.32 Å². The van der Waals surface area contributed by atoms with Crippen molar-refractivity contribution in [1.29, 1.82) is 0 Å². The molecule has 0 unspecified atom stereocenters. The zero-order chi connectivity index (χ0) is 13.1. The number of amides is 1. The molecule has 0 aromatic heterocycles. The molecule has 0 aromatic rings. The molecule has 3 nitrogen and oxygen atoms in total. The van der Waals surface area contributed by atoms with Crippen molar-refractivity contribution in [3.8, 4) is 0 Å². The summed E-state index contributed by atoms with van der Waals surface area (Å²) in [4.78, 5) is 11.3. The summed E-state index contributed by atoms with van der Waals surface area (Å²) in [5.41, 5.74) is 5.45. The van der Waals surface area contributed by atoms with Crippen LogP contribution in [0, 0.1) is 17.8 Å². The van der Waals surface area contributed by atoms with Crippen LogP contribution in [0.3, 0.4) is 0 Å². The molecule has 2 saturated carbocycles. The van der Waals surface area contributed by atoms with Gasteiger partial charge < -0.3 is 11.1 Å². The minimum absolute atomic E-state index is 0.104. The van der Waals surface area contributed by atoms with Gasteiger partial charge in [0.2, 0.25) is 5.91 Å². The summed E-state index contributed by atoms with van der Waals surface area (Å²) >= 11 is 0. The minimum Gasteiger partial charge on any atom is -0.369 e. The van der Waals surface area contributed by atoms with Gasteiger partial charge in [0.1, 0.15) is 0 Å². The minimum atomic E-state index is -0.105. The Morgan fingerprint density at radius 1 is 1.11 bits per heavy atom. The second kappa shape index (κ2) is 6.05. The number of rotatable bonds is 3. The van der Waals surface area contributed by atoms with Crippen LogP contribution in [-0.4, -0.2) is 18.0 Å². The van der Waals surface area contributed by atoms with Crippen molar-refractivity contribution in [3.63, 3.8) is 0 Å². The molecule has 5 atom stereocenters. The molecule has 18 heavy (non-hydrogen) atoms. The molecule has 2 aliphatic rings. The molecule has 104 valence electrons. The van der Waals surface area contributed by atoms with E-state index >= 15 is 0 Å². The summed E-state index contributed by atoms with van der Waals surface area (Å²) in [7, 11) is 0. The lowest BCUT2D eigenvalue weighted by Gasteiger charge is -2.39. The van der Waals surface area contributed by atoms with Crippen LogP contribution in [0.1, 0.15) is 58.8 Å². The topological polar surface area (TPSA) is 55.1 Å². The van der Waals surface area contributed by atoms with Crippen LogP contribution < -0.4 is 11.1 Å². The number of carbonyl (C=O) groups is 1. The Balaban J connectivity index is 1.86. The molecule has 0 aliphatic heterocycles. The highest BCUT2D eigenvalue weighted by Crippen LogP contribution is 2.31. The van der Waals surface area contributed by atoms with Gasteiger partial charge in [-0.25, -0.2) is 0 Å². The third kappa shape index (κ3) is 3.25.